The van der Waals surface area contributed by atoms with Crippen LogP contribution in [-0.2, 0) is 6.54 Å². The van der Waals surface area contributed by atoms with Crippen LogP contribution in [0.2, 0.25) is 0 Å². The van der Waals surface area contributed by atoms with Crippen molar-refractivity contribution in [3.05, 3.63) is 36.2 Å². The SMILES string of the molecule is CCn1cnc2ccc(C3=CC[N]CC3)cc21. The number of benzene rings is 1. The van der Waals surface area contributed by atoms with Crippen LogP contribution in [0.5, 0.6) is 0 Å². The highest BCUT2D eigenvalue weighted by Crippen LogP contribution is 2.24. The average Bonchev–Trinajstić information content (AvgIpc) is 2.81. The molecule has 1 aliphatic heterocycles. The van der Waals surface area contributed by atoms with Gasteiger partial charge in [0.2, 0.25) is 0 Å². The van der Waals surface area contributed by atoms with Crippen LogP contribution in [0.15, 0.2) is 30.6 Å². The summed E-state index contributed by atoms with van der Waals surface area (Å²) in [5.74, 6) is 0. The van der Waals surface area contributed by atoms with E-state index in [1.165, 1.54) is 16.7 Å². The van der Waals surface area contributed by atoms with Crippen LogP contribution in [0.1, 0.15) is 18.9 Å². The van der Waals surface area contributed by atoms with Crippen molar-refractivity contribution in [2.75, 3.05) is 13.1 Å². The van der Waals surface area contributed by atoms with Gasteiger partial charge in [-0.2, -0.15) is 0 Å². The van der Waals surface area contributed by atoms with E-state index in [9.17, 15) is 0 Å². The Bertz CT molecular complexity index is 566. The lowest BCUT2D eigenvalue weighted by molar-refractivity contribution is 0.723. The van der Waals surface area contributed by atoms with Crippen molar-refractivity contribution >= 4 is 16.6 Å². The van der Waals surface area contributed by atoms with Crippen molar-refractivity contribution in [1.82, 2.24) is 14.9 Å². The van der Waals surface area contributed by atoms with Gasteiger partial charge in [-0.1, -0.05) is 12.1 Å². The van der Waals surface area contributed by atoms with E-state index in [1.807, 2.05) is 6.33 Å². The van der Waals surface area contributed by atoms with Gasteiger partial charge in [-0.15, -0.1) is 0 Å². The van der Waals surface area contributed by atoms with Gasteiger partial charge >= 0.3 is 0 Å². The molecule has 2 aromatic rings. The Balaban J connectivity index is 2.08. The van der Waals surface area contributed by atoms with Crippen molar-refractivity contribution in [1.29, 1.82) is 0 Å². The van der Waals surface area contributed by atoms with Crippen molar-refractivity contribution in [2.24, 2.45) is 0 Å². The highest BCUT2D eigenvalue weighted by Gasteiger charge is 2.08. The fraction of sp³-hybridized carbons (Fsp3) is 0.357. The Hall–Kier alpha value is -1.61. The Morgan fingerprint density at radius 3 is 3.06 bits per heavy atom. The number of fused-ring (bicyclic) bond motifs is 1. The molecule has 0 fully saturated rings. The van der Waals surface area contributed by atoms with E-state index >= 15 is 0 Å². The molecule has 3 rings (SSSR count). The fourth-order valence-electron chi connectivity index (χ4n) is 2.34. The molecule has 0 spiro atoms. The first-order valence-corrected chi connectivity index (χ1v) is 6.16. The number of hydrogen-bond acceptors (Lipinski definition) is 1. The molecule has 3 nitrogen and oxygen atoms in total. The largest absolute Gasteiger partial charge is 0.331 e. The smallest absolute Gasteiger partial charge is 0.0958 e. The third kappa shape index (κ3) is 1.87. The van der Waals surface area contributed by atoms with Crippen LogP contribution < -0.4 is 5.32 Å². The Kier molecular flexibility index (Phi) is 2.69. The van der Waals surface area contributed by atoms with Gasteiger partial charge in [0.15, 0.2) is 0 Å². The zero-order valence-electron chi connectivity index (χ0n) is 10.1. The third-order valence-corrected chi connectivity index (χ3v) is 3.34. The van der Waals surface area contributed by atoms with Gasteiger partial charge in [-0.3, -0.25) is 0 Å². The summed E-state index contributed by atoms with van der Waals surface area (Å²) in [5, 5.41) is 4.34. The first-order valence-electron chi connectivity index (χ1n) is 6.16. The van der Waals surface area contributed by atoms with E-state index in [0.717, 1.165) is 31.6 Å². The number of hydrogen-bond donors (Lipinski definition) is 0. The van der Waals surface area contributed by atoms with Gasteiger partial charge in [0.05, 0.1) is 17.4 Å². The predicted octanol–water partition coefficient (Wildman–Crippen LogP) is 2.45. The third-order valence-electron chi connectivity index (χ3n) is 3.34. The quantitative estimate of drug-likeness (QED) is 0.774. The van der Waals surface area contributed by atoms with E-state index in [1.54, 1.807) is 0 Å². The van der Waals surface area contributed by atoms with Gasteiger partial charge in [-0.05, 0) is 36.6 Å². The maximum atomic E-state index is 4.40. The molecular formula is C14H16N3. The molecule has 87 valence electrons. The molecule has 0 saturated heterocycles. The maximum absolute atomic E-state index is 4.40. The second kappa shape index (κ2) is 4.34. The molecule has 1 aliphatic rings. The molecular weight excluding hydrogens is 210 g/mol. The normalized spacial score (nSPS) is 16.2. The molecule has 0 bridgehead atoms. The minimum atomic E-state index is 0.862. The summed E-state index contributed by atoms with van der Waals surface area (Å²) < 4.78 is 2.19. The average molecular weight is 226 g/mol. The van der Waals surface area contributed by atoms with E-state index < -0.39 is 0 Å². The zero-order chi connectivity index (χ0) is 11.7. The Morgan fingerprint density at radius 1 is 1.35 bits per heavy atom. The van der Waals surface area contributed by atoms with Crippen molar-refractivity contribution in [2.45, 2.75) is 19.9 Å². The second-order valence-corrected chi connectivity index (χ2v) is 4.34. The second-order valence-electron chi connectivity index (χ2n) is 4.34. The summed E-state index contributed by atoms with van der Waals surface area (Å²) in [5.41, 5.74) is 5.05. The molecule has 0 saturated carbocycles. The first-order chi connectivity index (χ1) is 8.38. The molecule has 3 heteroatoms. The van der Waals surface area contributed by atoms with Gasteiger partial charge in [0.1, 0.15) is 0 Å². The predicted molar refractivity (Wildman–Crippen MR) is 69.9 cm³/mol. The summed E-state index contributed by atoms with van der Waals surface area (Å²) in [4.78, 5) is 4.40. The molecule has 0 N–H and O–H groups in total. The van der Waals surface area contributed by atoms with Crippen LogP contribution in [0.4, 0.5) is 0 Å². The lowest BCUT2D eigenvalue weighted by atomic mass is 10.00. The van der Waals surface area contributed by atoms with Crippen molar-refractivity contribution in [3.8, 4) is 0 Å². The number of imidazole rings is 1. The fourth-order valence-corrected chi connectivity index (χ4v) is 2.34. The highest BCUT2D eigenvalue weighted by molar-refractivity contribution is 5.81. The molecule has 0 aliphatic carbocycles. The van der Waals surface area contributed by atoms with Crippen LogP contribution in [0.3, 0.4) is 0 Å². The van der Waals surface area contributed by atoms with Crippen LogP contribution in [-0.4, -0.2) is 22.6 Å². The lowest BCUT2D eigenvalue weighted by Gasteiger charge is -2.13. The molecule has 1 aromatic carbocycles. The minimum absolute atomic E-state index is 0.862. The summed E-state index contributed by atoms with van der Waals surface area (Å²) in [6.07, 6.45) is 5.21. The monoisotopic (exact) mass is 226 g/mol. The van der Waals surface area contributed by atoms with Gasteiger partial charge < -0.3 is 4.57 Å². The van der Waals surface area contributed by atoms with Gasteiger partial charge in [0, 0.05) is 19.6 Å². The van der Waals surface area contributed by atoms with Crippen molar-refractivity contribution < 1.29 is 0 Å². The van der Waals surface area contributed by atoms with E-state index in [4.69, 9.17) is 0 Å². The first kappa shape index (κ1) is 10.5. The summed E-state index contributed by atoms with van der Waals surface area (Å²) in [6.45, 7) is 4.93. The Labute approximate surface area is 101 Å². The molecule has 0 unspecified atom stereocenters. The highest BCUT2D eigenvalue weighted by atomic mass is 15.0. The molecule has 17 heavy (non-hydrogen) atoms. The number of aryl methyl sites for hydroxylation is 1. The van der Waals surface area contributed by atoms with E-state index in [0.29, 0.717) is 0 Å². The van der Waals surface area contributed by atoms with E-state index in [-0.39, 0.29) is 0 Å². The molecule has 1 aromatic heterocycles. The Morgan fingerprint density at radius 2 is 2.29 bits per heavy atom. The van der Waals surface area contributed by atoms with Crippen molar-refractivity contribution in [3.63, 3.8) is 0 Å². The summed E-state index contributed by atoms with van der Waals surface area (Å²) >= 11 is 0. The van der Waals surface area contributed by atoms with Gasteiger partial charge in [0.25, 0.3) is 0 Å². The zero-order valence-corrected chi connectivity index (χ0v) is 10.1. The number of rotatable bonds is 2. The number of aromatic nitrogens is 2. The van der Waals surface area contributed by atoms with Crippen LogP contribution >= 0.6 is 0 Å². The standard InChI is InChI=1S/C14H16N3/c1-2-17-10-16-13-4-3-12(9-14(13)17)11-5-7-15-8-6-11/h3-5,9-10H,2,6-8H2,1H3. The maximum Gasteiger partial charge on any atom is 0.0958 e. The number of nitrogens with zero attached hydrogens (tertiary/aromatic N) is 3. The molecule has 2 heterocycles. The van der Waals surface area contributed by atoms with Crippen LogP contribution in [0.25, 0.3) is 16.6 Å². The summed E-state index contributed by atoms with van der Waals surface area (Å²) in [6, 6.07) is 6.54. The van der Waals surface area contributed by atoms with E-state index in [2.05, 4.69) is 46.1 Å². The van der Waals surface area contributed by atoms with Gasteiger partial charge in [-0.25, -0.2) is 10.3 Å². The topological polar surface area (TPSA) is 31.9 Å². The summed E-state index contributed by atoms with van der Waals surface area (Å²) in [7, 11) is 0. The lowest BCUT2D eigenvalue weighted by Crippen LogP contribution is -2.12. The molecule has 0 amide bonds. The molecule has 1 radical (unpaired) electrons. The van der Waals surface area contributed by atoms with Crippen LogP contribution in [0, 0.1) is 0 Å². The molecule has 0 atom stereocenters. The minimum Gasteiger partial charge on any atom is -0.331 e.